The van der Waals surface area contributed by atoms with E-state index < -0.39 is 0 Å². The number of carbonyl (C=O) groups excluding carboxylic acids is 1. The normalized spacial score (nSPS) is 15.9. The molecule has 9 nitrogen and oxygen atoms in total. The number of anilines is 1. The van der Waals surface area contributed by atoms with Crippen molar-refractivity contribution in [1.29, 1.82) is 0 Å². The fourth-order valence-electron chi connectivity index (χ4n) is 5.81. The lowest BCUT2D eigenvalue weighted by atomic mass is 10.1. The molecular formula is C30H33N7O2. The van der Waals surface area contributed by atoms with Gasteiger partial charge in [-0.25, -0.2) is 4.98 Å². The number of rotatable bonds is 5. The highest BCUT2D eigenvalue weighted by molar-refractivity contribution is 6.10. The number of fused-ring (bicyclic) bond motifs is 2. The second-order valence-corrected chi connectivity index (χ2v) is 10.2. The molecule has 0 atom stereocenters. The summed E-state index contributed by atoms with van der Waals surface area (Å²) in [5.41, 5.74) is 2.02. The van der Waals surface area contributed by atoms with Crippen LogP contribution in [0.25, 0.3) is 21.8 Å². The molecule has 2 saturated heterocycles. The smallest absolute Gasteiger partial charge is 0.278 e. The number of likely N-dealkylation sites (tertiary alicyclic amines) is 1. The molecule has 5 heterocycles. The molecule has 39 heavy (non-hydrogen) atoms. The van der Waals surface area contributed by atoms with Crippen LogP contribution in [0.5, 0.6) is 0 Å². The quantitative estimate of drug-likeness (QED) is 0.405. The molecule has 2 aliphatic heterocycles. The molecule has 4 aromatic rings. The molecule has 0 spiro atoms. The van der Waals surface area contributed by atoms with Crippen LogP contribution in [0.2, 0.25) is 0 Å². The second-order valence-electron chi connectivity index (χ2n) is 10.2. The Labute approximate surface area is 227 Å². The van der Waals surface area contributed by atoms with Crippen molar-refractivity contribution in [1.82, 2.24) is 29.3 Å². The summed E-state index contributed by atoms with van der Waals surface area (Å²) in [5, 5.41) is 5.52. The van der Waals surface area contributed by atoms with Crippen LogP contribution < -0.4 is 15.8 Å². The fraction of sp³-hybridized carbons (Fsp3) is 0.400. The Morgan fingerprint density at radius 3 is 2.72 bits per heavy atom. The number of aromatic nitrogens is 4. The zero-order valence-electron chi connectivity index (χ0n) is 22.3. The first-order chi connectivity index (χ1) is 19.2. The van der Waals surface area contributed by atoms with Crippen molar-refractivity contribution in [3.8, 4) is 11.8 Å². The van der Waals surface area contributed by atoms with Crippen molar-refractivity contribution in [2.24, 2.45) is 0 Å². The van der Waals surface area contributed by atoms with Gasteiger partial charge in [-0.2, -0.15) is 0 Å². The van der Waals surface area contributed by atoms with Gasteiger partial charge in [0.1, 0.15) is 22.4 Å². The average Bonchev–Trinajstić information content (AvgIpc) is 3.52. The second kappa shape index (κ2) is 10.9. The van der Waals surface area contributed by atoms with Gasteiger partial charge in [0.25, 0.3) is 11.5 Å². The number of nitrogens with zero attached hydrogens (tertiary/aromatic N) is 6. The number of nitrogens with one attached hydrogen (secondary N) is 1. The van der Waals surface area contributed by atoms with Crippen LogP contribution in [-0.2, 0) is 13.1 Å². The van der Waals surface area contributed by atoms with E-state index >= 15 is 0 Å². The number of hydrogen-bond acceptors (Lipinski definition) is 6. The first-order valence-electron chi connectivity index (χ1n) is 13.8. The maximum atomic E-state index is 14.2. The standard InChI is InChI=1S/C30H33N7O2/c1-2-3-18-37-27-26(25(29(38)35-15-6-7-16-35)28(37)34-17-8-12-31-14-19-34)33-21-36(30(27)39)20-24-23-10-5-4-9-22(23)11-13-32-24/h4-5,9-11,13,21,31H,6-8,12,14-20H2,1H3. The van der Waals surface area contributed by atoms with Crippen LogP contribution in [0, 0.1) is 11.8 Å². The van der Waals surface area contributed by atoms with E-state index in [4.69, 9.17) is 4.98 Å². The predicted molar refractivity (Wildman–Crippen MR) is 153 cm³/mol. The van der Waals surface area contributed by atoms with Crippen LogP contribution in [-0.4, -0.2) is 69.2 Å². The summed E-state index contributed by atoms with van der Waals surface area (Å²) in [6, 6.07) is 10.00. The first-order valence-corrected chi connectivity index (χ1v) is 13.8. The number of pyridine rings is 1. The number of amides is 1. The summed E-state index contributed by atoms with van der Waals surface area (Å²) in [6.45, 7) is 7.10. The lowest BCUT2D eigenvalue weighted by molar-refractivity contribution is 0.0795. The Bertz CT molecular complexity index is 1640. The van der Waals surface area contributed by atoms with Crippen molar-refractivity contribution < 1.29 is 4.79 Å². The molecule has 9 heteroatoms. The summed E-state index contributed by atoms with van der Waals surface area (Å²) in [4.78, 5) is 41.7. The Morgan fingerprint density at radius 2 is 1.87 bits per heavy atom. The van der Waals surface area contributed by atoms with E-state index in [1.54, 1.807) is 24.0 Å². The molecule has 1 N–H and O–H groups in total. The molecule has 2 aliphatic rings. The Morgan fingerprint density at radius 1 is 1.03 bits per heavy atom. The number of benzene rings is 1. The third-order valence-corrected chi connectivity index (χ3v) is 7.74. The Hall–Kier alpha value is -4.16. The Kier molecular flexibility index (Phi) is 7.03. The van der Waals surface area contributed by atoms with Gasteiger partial charge in [0.15, 0.2) is 0 Å². The number of carbonyl (C=O) groups is 1. The van der Waals surface area contributed by atoms with Crippen molar-refractivity contribution in [2.75, 3.05) is 44.2 Å². The summed E-state index contributed by atoms with van der Waals surface area (Å²) in [7, 11) is 0. The third kappa shape index (κ3) is 4.66. The molecule has 1 amide bonds. The van der Waals surface area contributed by atoms with E-state index in [-0.39, 0.29) is 18.0 Å². The minimum Gasteiger partial charge on any atom is -0.356 e. The van der Waals surface area contributed by atoms with Crippen molar-refractivity contribution >= 4 is 33.5 Å². The van der Waals surface area contributed by atoms with Gasteiger partial charge >= 0.3 is 0 Å². The van der Waals surface area contributed by atoms with Crippen molar-refractivity contribution in [3.63, 3.8) is 0 Å². The molecule has 2 fully saturated rings. The predicted octanol–water partition coefficient (Wildman–Crippen LogP) is 2.85. The molecule has 0 saturated carbocycles. The summed E-state index contributed by atoms with van der Waals surface area (Å²) < 4.78 is 3.54. The highest BCUT2D eigenvalue weighted by Crippen LogP contribution is 2.33. The van der Waals surface area contributed by atoms with Crippen LogP contribution in [0.4, 0.5) is 5.82 Å². The van der Waals surface area contributed by atoms with E-state index in [2.05, 4.69) is 27.0 Å². The zero-order chi connectivity index (χ0) is 26.8. The van der Waals surface area contributed by atoms with Gasteiger partial charge in [0.2, 0.25) is 0 Å². The summed E-state index contributed by atoms with van der Waals surface area (Å²) >= 11 is 0. The molecule has 0 aliphatic carbocycles. The average molecular weight is 524 g/mol. The van der Waals surface area contributed by atoms with E-state index in [9.17, 15) is 9.59 Å². The van der Waals surface area contributed by atoms with Crippen LogP contribution in [0.1, 0.15) is 42.2 Å². The largest absolute Gasteiger partial charge is 0.356 e. The molecule has 0 bridgehead atoms. The van der Waals surface area contributed by atoms with E-state index in [1.807, 2.05) is 39.8 Å². The number of hydrogen-bond donors (Lipinski definition) is 1. The lowest BCUT2D eigenvalue weighted by Gasteiger charge is -2.26. The Balaban J connectivity index is 1.56. The topological polar surface area (TPSA) is 88.3 Å². The molecule has 1 aromatic carbocycles. The van der Waals surface area contributed by atoms with E-state index in [0.29, 0.717) is 23.1 Å². The van der Waals surface area contributed by atoms with Crippen LogP contribution >= 0.6 is 0 Å². The van der Waals surface area contributed by atoms with Gasteiger partial charge in [-0.15, -0.1) is 5.92 Å². The molecule has 0 radical (unpaired) electrons. The molecule has 6 rings (SSSR count). The van der Waals surface area contributed by atoms with Gasteiger partial charge in [0, 0.05) is 44.3 Å². The van der Waals surface area contributed by atoms with Gasteiger partial charge in [-0.3, -0.25) is 19.1 Å². The zero-order valence-corrected chi connectivity index (χ0v) is 22.3. The monoisotopic (exact) mass is 523 g/mol. The van der Waals surface area contributed by atoms with E-state index in [0.717, 1.165) is 80.8 Å². The maximum absolute atomic E-state index is 14.2. The molecule has 200 valence electrons. The SMILES string of the molecule is CC#CCn1c(N2CCCNCC2)c(C(=O)N2CCCC2)c2ncn(Cc3nccc4ccccc34)c(=O)c21. The van der Waals surface area contributed by atoms with Crippen LogP contribution in [0.3, 0.4) is 0 Å². The van der Waals surface area contributed by atoms with Crippen LogP contribution in [0.15, 0.2) is 47.7 Å². The molecular weight excluding hydrogens is 490 g/mol. The molecule has 3 aromatic heterocycles. The fourth-order valence-corrected chi connectivity index (χ4v) is 5.81. The first kappa shape index (κ1) is 25.1. The maximum Gasteiger partial charge on any atom is 0.278 e. The highest BCUT2D eigenvalue weighted by Gasteiger charge is 2.33. The van der Waals surface area contributed by atoms with Gasteiger partial charge in [-0.05, 0) is 44.2 Å². The summed E-state index contributed by atoms with van der Waals surface area (Å²) in [6.07, 6.45) is 6.27. The van der Waals surface area contributed by atoms with Gasteiger partial charge in [0.05, 0.1) is 25.1 Å². The van der Waals surface area contributed by atoms with Gasteiger partial charge in [-0.1, -0.05) is 30.2 Å². The lowest BCUT2D eigenvalue weighted by Crippen LogP contribution is -2.34. The third-order valence-electron chi connectivity index (χ3n) is 7.74. The van der Waals surface area contributed by atoms with Gasteiger partial charge < -0.3 is 19.7 Å². The van der Waals surface area contributed by atoms with Crippen molar-refractivity contribution in [2.45, 2.75) is 39.3 Å². The minimum atomic E-state index is -0.192. The minimum absolute atomic E-state index is 0.0479. The van der Waals surface area contributed by atoms with Crippen molar-refractivity contribution in [3.05, 3.63) is 64.5 Å². The van der Waals surface area contributed by atoms with E-state index in [1.165, 1.54) is 0 Å². The molecule has 0 unspecified atom stereocenters. The summed E-state index contributed by atoms with van der Waals surface area (Å²) in [5.74, 6) is 6.84. The highest BCUT2D eigenvalue weighted by atomic mass is 16.2.